The number of carbonyl (C=O) groups is 14. The molecular weight excluding hydrogens is 1260 g/mol. The maximum absolute atomic E-state index is 14.7. The van der Waals surface area contributed by atoms with Gasteiger partial charge in [0, 0.05) is 32.5 Å². The van der Waals surface area contributed by atoms with Gasteiger partial charge in [0.1, 0.15) is 66.5 Å². The van der Waals surface area contributed by atoms with Crippen LogP contribution in [0.3, 0.4) is 0 Å². The third kappa shape index (κ3) is 25.1. The predicted molar refractivity (Wildman–Crippen MR) is 347 cm³/mol. The zero-order valence-electron chi connectivity index (χ0n) is 58.2. The maximum atomic E-state index is 14.7. The summed E-state index contributed by atoms with van der Waals surface area (Å²) in [6.45, 7) is 21.0. The third-order valence-corrected chi connectivity index (χ3v) is 17.1. The number of fused-ring (bicyclic) bond motifs is 1. The van der Waals surface area contributed by atoms with E-state index in [1.807, 2.05) is 6.92 Å². The lowest BCUT2D eigenvalue weighted by molar-refractivity contribution is -0.148. The Labute approximate surface area is 561 Å². The van der Waals surface area contributed by atoms with Gasteiger partial charge in [-0.15, -0.1) is 0 Å². The first-order valence-corrected chi connectivity index (χ1v) is 33.2. The van der Waals surface area contributed by atoms with Crippen LogP contribution >= 0.6 is 0 Å². The number of nitrogens with two attached hydrogens (primary N) is 2. The summed E-state index contributed by atoms with van der Waals surface area (Å²) in [7, 11) is 1.11. The average Bonchev–Trinajstić information content (AvgIpc) is 1.22. The second-order valence-electron chi connectivity index (χ2n) is 26.9. The standard InChI is InChI=1S/C63H110N14O19/c1-16-18-19-21-36-27-41(81)70-42(29(5)6)56(89)74-45(49(82)30(7)8)58(91)66-33(12)53(86)73-46(50(83)31(9)10)59(92)68-37(23-24-40(64)80)62(95)76(15)48(32(11)17-2)61(94)75-47(51(84)52(65)85)60(93)72-44(35(14)79)63(96)77-25-20-22-39(77)55(88)69-38(26-28(3)4)54(87)71-43(34(13)78)57(90)67-36/h28-39,42-51,78-79,82-84H,16-27H2,1-15H3,(H2,64,80)(H2,65,85)(H,66,91)(H,67,90)(H,68,92)(H,69,88)(H,70,81)(H,71,87)(H,72,93)(H,73,86)(H,74,89)(H,75,94)/t32?,33-,34-,35-,36+,37-,38+,39?,42-,43+,44+,45-,46?,47+,48+,49?,50?,51?/m0/s1. The fraction of sp³-hybridized carbons (Fsp3) is 0.778. The van der Waals surface area contributed by atoms with E-state index in [1.165, 1.54) is 48.5 Å². The molecule has 0 aromatic heterocycles. The maximum Gasteiger partial charge on any atom is 0.248 e. The average molecular weight is 1370 g/mol. The SMILES string of the molecule is CCCCC[C@@H]1CC(=O)N[C@@H](C(C)C)C(=O)N[C@@H](C(O)C(C)C)C(=O)N[C@@H](C)C(=O)NC(C(O)C(C)C)C(=O)N[C@@H](CCC(N)=O)C(=O)N(C)[C@H](C(C)CC)C(=O)N[C@H](C(O)C(N)=O)C(=O)N[C@H]([C@H](C)O)C(=O)N2CCCC2C(=O)N[C@H](CC(C)C)C(=O)N[C@H]([C@H](C)O)C(=O)N1. The predicted octanol–water partition coefficient (Wildman–Crippen LogP) is -4.69. The normalized spacial score (nSPS) is 28.2. The number of hydrogen-bond donors (Lipinski definition) is 17. The molecule has 33 heteroatoms. The van der Waals surface area contributed by atoms with Crippen LogP contribution in [0.4, 0.5) is 0 Å². The highest BCUT2D eigenvalue weighted by molar-refractivity contribution is 6.01. The molecular formula is C63H110N14O19. The van der Waals surface area contributed by atoms with Crippen molar-refractivity contribution in [1.82, 2.24) is 63.0 Å². The van der Waals surface area contributed by atoms with E-state index < -0.39 is 229 Å². The summed E-state index contributed by atoms with van der Waals surface area (Å²) in [5.74, 6) is -18.7. The molecule has 0 radical (unpaired) electrons. The van der Waals surface area contributed by atoms with Gasteiger partial charge in [0.05, 0.1) is 24.4 Å². The summed E-state index contributed by atoms with van der Waals surface area (Å²) in [6.07, 6.45) is -8.53. The Morgan fingerprint density at radius 2 is 1.02 bits per heavy atom. The Morgan fingerprint density at radius 3 is 1.52 bits per heavy atom. The summed E-state index contributed by atoms with van der Waals surface area (Å²) >= 11 is 0. The lowest BCUT2D eigenvalue weighted by Crippen LogP contribution is -2.65. The van der Waals surface area contributed by atoms with Gasteiger partial charge in [-0.25, -0.2) is 0 Å². The van der Waals surface area contributed by atoms with Gasteiger partial charge >= 0.3 is 0 Å². The van der Waals surface area contributed by atoms with Gasteiger partial charge in [-0.3, -0.25) is 67.1 Å². The number of nitrogens with one attached hydrogen (secondary N) is 10. The van der Waals surface area contributed by atoms with Gasteiger partial charge in [-0.05, 0) is 82.5 Å². The van der Waals surface area contributed by atoms with Crippen LogP contribution in [0.25, 0.3) is 0 Å². The van der Waals surface area contributed by atoms with Crippen molar-refractivity contribution in [2.45, 2.75) is 271 Å². The monoisotopic (exact) mass is 1370 g/mol. The van der Waals surface area contributed by atoms with Crippen molar-refractivity contribution in [3.8, 4) is 0 Å². The van der Waals surface area contributed by atoms with Crippen molar-refractivity contribution in [3.05, 3.63) is 0 Å². The molecule has 2 aliphatic heterocycles. The molecule has 0 saturated carbocycles. The van der Waals surface area contributed by atoms with E-state index in [9.17, 15) is 92.7 Å². The van der Waals surface area contributed by atoms with E-state index in [-0.39, 0.29) is 44.6 Å². The molecule has 0 bridgehead atoms. The largest absolute Gasteiger partial charge is 0.391 e. The molecule has 0 spiro atoms. The van der Waals surface area contributed by atoms with Crippen molar-refractivity contribution < 1.29 is 92.7 Å². The number of nitrogens with zero attached hydrogens (tertiary/aromatic N) is 2. The molecule has 2 fully saturated rings. The van der Waals surface area contributed by atoms with Crippen LogP contribution in [0.1, 0.15) is 168 Å². The molecule has 0 aromatic rings. The number of hydrogen-bond acceptors (Lipinski definition) is 19. The minimum absolute atomic E-state index is 0.00696. The highest BCUT2D eigenvalue weighted by Gasteiger charge is 2.46. The molecule has 2 aliphatic rings. The van der Waals surface area contributed by atoms with E-state index >= 15 is 0 Å². The number of aliphatic hydroxyl groups is 5. The topological polar surface area (TPSA) is 519 Å². The highest BCUT2D eigenvalue weighted by Crippen LogP contribution is 2.23. The van der Waals surface area contributed by atoms with Crippen LogP contribution in [-0.2, 0) is 67.1 Å². The minimum Gasteiger partial charge on any atom is -0.391 e. The third-order valence-electron chi connectivity index (χ3n) is 17.1. The molecule has 0 aromatic carbocycles. The Morgan fingerprint density at radius 1 is 0.531 bits per heavy atom. The molecule has 14 amide bonds. The molecule has 0 aliphatic carbocycles. The van der Waals surface area contributed by atoms with Crippen molar-refractivity contribution in [1.29, 1.82) is 0 Å². The zero-order chi connectivity index (χ0) is 73.5. The second kappa shape index (κ2) is 39.6. The van der Waals surface area contributed by atoms with Crippen LogP contribution in [0.15, 0.2) is 0 Å². The van der Waals surface area contributed by atoms with Crippen LogP contribution in [-0.4, -0.2) is 235 Å². The molecule has 18 atom stereocenters. The molecule has 6 unspecified atom stereocenters. The smallest absolute Gasteiger partial charge is 0.248 e. The Bertz CT molecular complexity index is 2710. The quantitative estimate of drug-likeness (QED) is 0.0510. The fourth-order valence-electron chi connectivity index (χ4n) is 11.1. The van der Waals surface area contributed by atoms with E-state index in [1.54, 1.807) is 34.6 Å². The Hall–Kier alpha value is -7.62. The Balaban J connectivity index is 2.97. The number of unbranched alkanes of at least 4 members (excludes halogenated alkanes) is 2. The van der Waals surface area contributed by atoms with E-state index in [0.29, 0.717) is 12.8 Å². The number of rotatable bonds is 20. The van der Waals surface area contributed by atoms with Gasteiger partial charge in [0.2, 0.25) is 82.7 Å². The first kappa shape index (κ1) is 84.5. The zero-order valence-corrected chi connectivity index (χ0v) is 58.2. The van der Waals surface area contributed by atoms with E-state index in [4.69, 9.17) is 11.5 Å². The first-order chi connectivity index (χ1) is 44.6. The molecule has 546 valence electrons. The number of aliphatic hydroxyl groups excluding tert-OH is 5. The minimum atomic E-state index is -2.56. The summed E-state index contributed by atoms with van der Waals surface area (Å²) in [5.41, 5.74) is 11.0. The van der Waals surface area contributed by atoms with E-state index in [0.717, 1.165) is 30.2 Å². The fourth-order valence-corrected chi connectivity index (χ4v) is 11.1. The molecule has 2 rings (SSSR count). The summed E-state index contributed by atoms with van der Waals surface area (Å²) in [5, 5.41) is 80.8. The van der Waals surface area contributed by atoms with Crippen molar-refractivity contribution in [2.24, 2.45) is 41.1 Å². The van der Waals surface area contributed by atoms with Gasteiger partial charge in [0.15, 0.2) is 6.10 Å². The summed E-state index contributed by atoms with van der Waals surface area (Å²) in [4.78, 5) is 199. The molecule has 2 saturated heterocycles. The van der Waals surface area contributed by atoms with Crippen LogP contribution < -0.4 is 64.6 Å². The van der Waals surface area contributed by atoms with Gasteiger partial charge < -0.3 is 100.0 Å². The van der Waals surface area contributed by atoms with Crippen LogP contribution in [0.2, 0.25) is 0 Å². The first-order valence-electron chi connectivity index (χ1n) is 33.2. The van der Waals surface area contributed by atoms with E-state index in [2.05, 4.69) is 53.2 Å². The highest BCUT2D eigenvalue weighted by atomic mass is 16.3. The van der Waals surface area contributed by atoms with Crippen molar-refractivity contribution in [2.75, 3.05) is 13.6 Å². The number of primary amides is 2. The number of amides is 14. The van der Waals surface area contributed by atoms with Gasteiger partial charge in [-0.2, -0.15) is 0 Å². The van der Waals surface area contributed by atoms with Gasteiger partial charge in [-0.1, -0.05) is 102 Å². The van der Waals surface area contributed by atoms with Crippen molar-refractivity contribution in [3.63, 3.8) is 0 Å². The second-order valence-corrected chi connectivity index (χ2v) is 26.9. The summed E-state index contributed by atoms with van der Waals surface area (Å²) in [6, 6.07) is -20.0. The molecule has 96 heavy (non-hydrogen) atoms. The molecule has 2 heterocycles. The number of likely N-dealkylation sites (N-methyl/N-ethyl adjacent to an activating group) is 1. The Kier molecular flexibility index (Phi) is 34.8. The lowest BCUT2D eigenvalue weighted by atomic mass is 9.94. The van der Waals surface area contributed by atoms with Crippen LogP contribution in [0.5, 0.6) is 0 Å². The van der Waals surface area contributed by atoms with Crippen LogP contribution in [0, 0.1) is 29.6 Å². The van der Waals surface area contributed by atoms with Gasteiger partial charge in [0.25, 0.3) is 0 Å². The van der Waals surface area contributed by atoms with Crippen molar-refractivity contribution >= 4 is 82.7 Å². The molecule has 19 N–H and O–H groups in total. The number of carbonyl (C=O) groups excluding carboxylic acids is 14. The molecule has 33 nitrogen and oxygen atoms in total. The lowest BCUT2D eigenvalue weighted by Gasteiger charge is -2.36. The summed E-state index contributed by atoms with van der Waals surface area (Å²) < 4.78 is 0.